The Morgan fingerprint density at radius 2 is 0.723 bits per heavy atom. The van der Waals surface area contributed by atoms with Crippen LogP contribution in [0.1, 0.15) is 5.56 Å². The molecule has 0 saturated carbocycles. The van der Waals surface area contributed by atoms with Crippen LogP contribution in [0.5, 0.6) is 0 Å². The van der Waals surface area contributed by atoms with Crippen molar-refractivity contribution in [1.29, 1.82) is 0 Å². The Morgan fingerprint density at radius 3 is 1.35 bits per heavy atom. The zero-order valence-electron chi connectivity index (χ0n) is 35.9. The zero-order chi connectivity index (χ0) is 43.1. The van der Waals surface area contributed by atoms with Gasteiger partial charge in [0.2, 0.25) is 0 Å². The molecule has 0 N–H and O–H groups in total. The summed E-state index contributed by atoms with van der Waals surface area (Å²) in [6, 6.07) is 90.2. The normalized spacial score (nSPS) is 12.1. The van der Waals surface area contributed by atoms with E-state index in [4.69, 9.17) is 0 Å². The molecule has 0 spiro atoms. The Morgan fingerprint density at radius 1 is 0.277 bits per heavy atom. The summed E-state index contributed by atoms with van der Waals surface area (Å²) in [4.78, 5) is 0. The van der Waals surface area contributed by atoms with Gasteiger partial charge in [0.1, 0.15) is 0 Å². The lowest BCUT2D eigenvalue weighted by Crippen LogP contribution is -2.74. The molecule has 0 fully saturated rings. The topological polar surface area (TPSA) is 14.8 Å². The minimum atomic E-state index is -2.66. The van der Waals surface area contributed by atoms with Crippen LogP contribution in [0.15, 0.2) is 243 Å². The molecule has 13 rings (SSSR count). The minimum absolute atomic E-state index is 1.14. The fourth-order valence-corrected chi connectivity index (χ4v) is 15.9. The molecule has 0 aliphatic rings. The summed E-state index contributed by atoms with van der Waals surface area (Å²) in [6.07, 6.45) is 0. The maximum atomic E-state index is 2.48. The number of fused-ring (bicyclic) bond motifs is 9. The minimum Gasteiger partial charge on any atom is -0.309 e. The van der Waals surface area contributed by atoms with Gasteiger partial charge in [-0.05, 0) is 100.0 Å². The average Bonchev–Trinajstić information content (AvgIpc) is 4.01. The van der Waals surface area contributed by atoms with Crippen LogP contribution >= 0.6 is 0 Å². The van der Waals surface area contributed by atoms with Crippen LogP contribution in [0.25, 0.3) is 82.5 Å². The Kier molecular flexibility index (Phi) is 8.45. The molecule has 3 heterocycles. The first kappa shape index (κ1) is 37.4. The summed E-state index contributed by atoms with van der Waals surface area (Å²) in [7, 11) is -2.66. The van der Waals surface area contributed by atoms with Gasteiger partial charge in [0.15, 0.2) is 8.07 Å². The van der Waals surface area contributed by atoms with Gasteiger partial charge in [-0.1, -0.05) is 176 Å². The van der Waals surface area contributed by atoms with Crippen LogP contribution in [-0.2, 0) is 0 Å². The summed E-state index contributed by atoms with van der Waals surface area (Å²) in [5, 5.41) is 13.0. The second kappa shape index (κ2) is 14.7. The summed E-state index contributed by atoms with van der Waals surface area (Å²) in [5.74, 6) is 0. The van der Waals surface area contributed by atoms with Gasteiger partial charge in [-0.2, -0.15) is 0 Å². The van der Waals surface area contributed by atoms with Gasteiger partial charge < -0.3 is 13.7 Å². The van der Waals surface area contributed by atoms with Gasteiger partial charge in [0, 0.05) is 43.7 Å². The molecule has 0 aliphatic carbocycles. The van der Waals surface area contributed by atoms with Crippen molar-refractivity contribution in [1.82, 2.24) is 13.7 Å². The van der Waals surface area contributed by atoms with Gasteiger partial charge in [0.25, 0.3) is 0 Å². The second-order valence-electron chi connectivity index (χ2n) is 17.3. The number of benzene rings is 10. The van der Waals surface area contributed by atoms with E-state index < -0.39 is 8.07 Å². The Hall–Kier alpha value is -8.18. The molecule has 13 aromatic rings. The molecule has 3 nitrogen and oxygen atoms in total. The number of hydrogen-bond acceptors (Lipinski definition) is 0. The maximum Gasteiger partial charge on any atom is 0.179 e. The van der Waals surface area contributed by atoms with Crippen molar-refractivity contribution in [2.45, 2.75) is 6.92 Å². The molecule has 0 unspecified atom stereocenters. The van der Waals surface area contributed by atoms with E-state index in [0.29, 0.717) is 0 Å². The number of nitrogens with zero attached hydrogens (tertiary/aromatic N) is 3. The molecule has 3 aromatic heterocycles. The van der Waals surface area contributed by atoms with Crippen LogP contribution < -0.4 is 20.7 Å². The van der Waals surface area contributed by atoms with E-state index in [1.165, 1.54) is 97.4 Å². The van der Waals surface area contributed by atoms with Crippen molar-refractivity contribution < 1.29 is 0 Å². The van der Waals surface area contributed by atoms with E-state index in [-0.39, 0.29) is 0 Å². The third kappa shape index (κ3) is 5.54. The monoisotopic (exact) mass is 845 g/mol. The Balaban J connectivity index is 1.00. The predicted molar refractivity (Wildman–Crippen MR) is 278 cm³/mol. The molecule has 0 saturated heterocycles. The van der Waals surface area contributed by atoms with E-state index in [1.54, 1.807) is 0 Å². The highest BCUT2D eigenvalue weighted by Crippen LogP contribution is 2.41. The van der Waals surface area contributed by atoms with E-state index >= 15 is 0 Å². The highest BCUT2D eigenvalue weighted by Gasteiger charge is 2.41. The van der Waals surface area contributed by atoms with E-state index in [9.17, 15) is 0 Å². The van der Waals surface area contributed by atoms with Crippen molar-refractivity contribution in [3.8, 4) is 17.1 Å². The van der Waals surface area contributed by atoms with Crippen molar-refractivity contribution in [3.05, 3.63) is 248 Å². The summed E-state index contributed by atoms with van der Waals surface area (Å²) in [6.45, 7) is 2.19. The van der Waals surface area contributed by atoms with Gasteiger partial charge in [0.05, 0.1) is 38.8 Å². The standard InChI is InChI=1S/C61H43N3Si/c1-42-32-38-51-49-24-11-15-28-55(49)64(60(51)40-42)59-31-17-30-58-61(59)52-26-13-16-29-56(52)63(58)44-35-39-57-53(41-44)50-25-12-14-27-54(50)62(57)43-33-36-48(37-34-43)65(45-18-5-2-6-19-45,46-20-7-3-8-21-46)47-22-9-4-10-23-47/h2-41H,1H3. The lowest BCUT2D eigenvalue weighted by molar-refractivity contribution is 1.16. The number of para-hydroxylation sites is 3. The molecule has 4 heteroatoms. The van der Waals surface area contributed by atoms with Gasteiger partial charge >= 0.3 is 0 Å². The highest BCUT2D eigenvalue weighted by atomic mass is 28.3. The Bertz CT molecular complexity index is 3840. The third-order valence-electron chi connectivity index (χ3n) is 13.8. The largest absolute Gasteiger partial charge is 0.309 e. The van der Waals surface area contributed by atoms with Crippen LogP contribution in [0.3, 0.4) is 0 Å². The maximum absolute atomic E-state index is 2.66. The van der Waals surface area contributed by atoms with E-state index in [1.807, 2.05) is 0 Å². The smallest absolute Gasteiger partial charge is 0.179 e. The molecule has 0 bridgehead atoms. The highest BCUT2D eigenvalue weighted by molar-refractivity contribution is 7.19. The summed E-state index contributed by atoms with van der Waals surface area (Å²) in [5.41, 5.74) is 11.9. The van der Waals surface area contributed by atoms with Crippen molar-refractivity contribution in [3.63, 3.8) is 0 Å². The summed E-state index contributed by atoms with van der Waals surface area (Å²) < 4.78 is 7.39. The summed E-state index contributed by atoms with van der Waals surface area (Å²) >= 11 is 0. The number of aryl methyl sites for hydroxylation is 1. The quantitative estimate of drug-likeness (QED) is 0.112. The van der Waals surface area contributed by atoms with E-state index in [0.717, 1.165) is 11.4 Å². The fourth-order valence-electron chi connectivity index (χ4n) is 11.1. The number of hydrogen-bond donors (Lipinski definition) is 0. The Labute approximate surface area is 378 Å². The van der Waals surface area contributed by atoms with Crippen LogP contribution in [0, 0.1) is 6.92 Å². The first-order chi connectivity index (χ1) is 32.2. The van der Waals surface area contributed by atoms with Crippen LogP contribution in [-0.4, -0.2) is 21.8 Å². The molecule has 65 heavy (non-hydrogen) atoms. The molecular formula is C61H43N3Si. The van der Waals surface area contributed by atoms with Crippen LogP contribution in [0.4, 0.5) is 0 Å². The van der Waals surface area contributed by atoms with Gasteiger partial charge in [-0.15, -0.1) is 0 Å². The number of aromatic nitrogens is 3. The van der Waals surface area contributed by atoms with E-state index in [2.05, 4.69) is 263 Å². The van der Waals surface area contributed by atoms with Gasteiger partial charge in [-0.25, -0.2) is 0 Å². The first-order valence-electron chi connectivity index (χ1n) is 22.5. The lowest BCUT2D eigenvalue weighted by Gasteiger charge is -2.34. The SMILES string of the molecule is Cc1ccc2c3ccccc3n(-c3cccc4c3c3ccccc3n4-c3ccc4c(c3)c3ccccc3n4-c3ccc([Si](c4ccccc4)(c4ccccc4)c4ccccc4)cc3)c2c1. The molecule has 0 atom stereocenters. The molecule has 0 radical (unpaired) electrons. The fraction of sp³-hybridized carbons (Fsp3) is 0.0164. The number of rotatable bonds is 7. The average molecular weight is 846 g/mol. The molecular weight excluding hydrogens is 803 g/mol. The van der Waals surface area contributed by atoms with Crippen molar-refractivity contribution in [2.75, 3.05) is 0 Å². The van der Waals surface area contributed by atoms with Crippen molar-refractivity contribution in [2.24, 2.45) is 0 Å². The first-order valence-corrected chi connectivity index (χ1v) is 24.5. The molecule has 0 aliphatic heterocycles. The second-order valence-corrected chi connectivity index (χ2v) is 21.2. The third-order valence-corrected chi connectivity index (χ3v) is 18.6. The van der Waals surface area contributed by atoms with Crippen LogP contribution in [0.2, 0.25) is 0 Å². The van der Waals surface area contributed by atoms with Gasteiger partial charge in [-0.3, -0.25) is 0 Å². The predicted octanol–water partition coefficient (Wildman–Crippen LogP) is 12.7. The lowest BCUT2D eigenvalue weighted by atomic mass is 10.1. The molecule has 10 aromatic carbocycles. The molecule has 306 valence electrons. The zero-order valence-corrected chi connectivity index (χ0v) is 36.9. The van der Waals surface area contributed by atoms with Crippen molar-refractivity contribution >= 4 is 94.2 Å². The molecule has 0 amide bonds.